The zero-order chi connectivity index (χ0) is 18.3. The summed E-state index contributed by atoms with van der Waals surface area (Å²) in [4.78, 5) is 19.8. The first-order valence-corrected chi connectivity index (χ1v) is 9.61. The van der Waals surface area contributed by atoms with Gasteiger partial charge in [0.15, 0.2) is 5.13 Å². The van der Waals surface area contributed by atoms with E-state index in [9.17, 15) is 14.3 Å². The normalized spacial score (nSPS) is 21.7. The molecule has 1 aromatic heterocycles. The molecule has 6 nitrogen and oxygen atoms in total. The van der Waals surface area contributed by atoms with Crippen molar-refractivity contribution in [3.63, 3.8) is 0 Å². The number of nitrogens with zero attached hydrogens (tertiary/aromatic N) is 2. The highest BCUT2D eigenvalue weighted by Crippen LogP contribution is 2.32. The number of thiazole rings is 1. The number of halogens is 2. The van der Waals surface area contributed by atoms with E-state index in [1.54, 1.807) is 16.2 Å². The van der Waals surface area contributed by atoms with Gasteiger partial charge in [0.1, 0.15) is 5.82 Å². The number of anilines is 2. The largest absolute Gasteiger partial charge is 0.393 e. The van der Waals surface area contributed by atoms with Crippen molar-refractivity contribution in [3.8, 4) is 0 Å². The van der Waals surface area contributed by atoms with E-state index in [1.807, 2.05) is 0 Å². The van der Waals surface area contributed by atoms with E-state index >= 15 is 0 Å². The van der Waals surface area contributed by atoms with Crippen LogP contribution in [0, 0.1) is 5.82 Å². The third-order valence-electron chi connectivity index (χ3n) is 4.63. The van der Waals surface area contributed by atoms with Gasteiger partial charge in [0.2, 0.25) is 0 Å². The Morgan fingerprint density at radius 2 is 2.23 bits per heavy atom. The van der Waals surface area contributed by atoms with E-state index in [-0.39, 0.29) is 23.2 Å². The number of hydrogen-bond acceptors (Lipinski definition) is 5. The van der Waals surface area contributed by atoms with Crippen LogP contribution in [0.15, 0.2) is 18.2 Å². The SMILES string of the molecule is O=C(Nc1ccc(F)c(Cl)c1)N1CCc2nc(N[C@H]3C[C@H](O)C3)sc2C1. The molecule has 138 valence electrons. The fourth-order valence-corrected chi connectivity index (χ4v) is 4.37. The Labute approximate surface area is 159 Å². The number of aliphatic hydroxyl groups excluding tert-OH is 1. The standard InChI is InChI=1S/C17H18ClFN4O2S/c18-12-7-9(1-2-13(12)19)21-17(25)23-4-3-14-15(8-23)26-16(22-14)20-10-5-11(24)6-10/h1-2,7,10-11,24H,3-6,8H2,(H,20,22)(H,21,25)/t10-,11-. The fourth-order valence-electron chi connectivity index (χ4n) is 3.09. The monoisotopic (exact) mass is 396 g/mol. The van der Waals surface area contributed by atoms with Crippen molar-refractivity contribution in [2.45, 2.75) is 38.0 Å². The van der Waals surface area contributed by atoms with Crippen molar-refractivity contribution < 1.29 is 14.3 Å². The van der Waals surface area contributed by atoms with Crippen LogP contribution in [0.3, 0.4) is 0 Å². The second-order valence-electron chi connectivity index (χ2n) is 6.59. The Morgan fingerprint density at radius 3 is 2.96 bits per heavy atom. The minimum Gasteiger partial charge on any atom is -0.393 e. The maximum atomic E-state index is 13.2. The molecule has 1 saturated carbocycles. The van der Waals surface area contributed by atoms with Gasteiger partial charge in [0.25, 0.3) is 0 Å². The maximum absolute atomic E-state index is 13.2. The molecule has 1 aromatic carbocycles. The van der Waals surface area contributed by atoms with E-state index in [2.05, 4.69) is 15.6 Å². The van der Waals surface area contributed by atoms with Gasteiger partial charge in [-0.05, 0) is 31.0 Å². The highest BCUT2D eigenvalue weighted by Gasteiger charge is 2.29. The number of aliphatic hydroxyl groups is 1. The number of rotatable bonds is 3. The highest BCUT2D eigenvalue weighted by molar-refractivity contribution is 7.15. The van der Waals surface area contributed by atoms with Crippen molar-refractivity contribution in [3.05, 3.63) is 39.6 Å². The smallest absolute Gasteiger partial charge is 0.322 e. The molecule has 1 aliphatic carbocycles. The summed E-state index contributed by atoms with van der Waals surface area (Å²) in [6, 6.07) is 4.14. The molecule has 4 rings (SSSR count). The summed E-state index contributed by atoms with van der Waals surface area (Å²) in [6.45, 7) is 1.06. The number of amides is 2. The Morgan fingerprint density at radius 1 is 1.42 bits per heavy atom. The molecule has 2 amide bonds. The number of fused-ring (bicyclic) bond motifs is 1. The second-order valence-corrected chi connectivity index (χ2v) is 8.08. The number of nitrogens with one attached hydrogen (secondary N) is 2. The van der Waals surface area contributed by atoms with Gasteiger partial charge in [-0.2, -0.15) is 0 Å². The Hall–Kier alpha value is -1.90. The van der Waals surface area contributed by atoms with E-state index in [1.165, 1.54) is 18.2 Å². The lowest BCUT2D eigenvalue weighted by Crippen LogP contribution is -2.38. The average molecular weight is 397 g/mol. The molecule has 0 saturated heterocycles. The lowest BCUT2D eigenvalue weighted by atomic mass is 9.90. The highest BCUT2D eigenvalue weighted by atomic mass is 35.5. The van der Waals surface area contributed by atoms with Crippen molar-refractivity contribution in [2.24, 2.45) is 0 Å². The van der Waals surface area contributed by atoms with Crippen molar-refractivity contribution in [2.75, 3.05) is 17.2 Å². The molecule has 1 fully saturated rings. The van der Waals surface area contributed by atoms with E-state index in [4.69, 9.17) is 11.6 Å². The molecule has 0 atom stereocenters. The molecule has 26 heavy (non-hydrogen) atoms. The van der Waals surface area contributed by atoms with E-state index in [0.29, 0.717) is 25.2 Å². The van der Waals surface area contributed by atoms with Crippen LogP contribution in [0.5, 0.6) is 0 Å². The van der Waals surface area contributed by atoms with E-state index in [0.717, 1.165) is 28.5 Å². The fraction of sp³-hybridized carbons (Fsp3) is 0.412. The van der Waals surface area contributed by atoms with Gasteiger partial charge < -0.3 is 20.6 Å². The average Bonchev–Trinajstić information content (AvgIpc) is 2.98. The predicted molar refractivity (Wildman–Crippen MR) is 99.3 cm³/mol. The van der Waals surface area contributed by atoms with Crippen LogP contribution in [0.1, 0.15) is 23.4 Å². The summed E-state index contributed by atoms with van der Waals surface area (Å²) in [6.07, 6.45) is 1.98. The molecular weight excluding hydrogens is 379 g/mol. The van der Waals surface area contributed by atoms with Gasteiger partial charge in [-0.15, -0.1) is 0 Å². The Balaban J connectivity index is 1.38. The Kier molecular flexibility index (Phi) is 4.73. The van der Waals surface area contributed by atoms with Gasteiger partial charge >= 0.3 is 6.03 Å². The first-order valence-electron chi connectivity index (χ1n) is 8.42. The van der Waals surface area contributed by atoms with Crippen LogP contribution in [-0.2, 0) is 13.0 Å². The molecule has 1 aliphatic heterocycles. The van der Waals surface area contributed by atoms with Gasteiger partial charge in [-0.3, -0.25) is 0 Å². The number of hydrogen-bond donors (Lipinski definition) is 3. The van der Waals surface area contributed by atoms with Gasteiger partial charge in [-0.1, -0.05) is 22.9 Å². The molecule has 0 spiro atoms. The van der Waals surface area contributed by atoms with Crippen molar-refractivity contribution in [1.29, 1.82) is 0 Å². The molecule has 0 unspecified atom stereocenters. The first-order chi connectivity index (χ1) is 12.5. The Bertz CT molecular complexity index is 840. The summed E-state index contributed by atoms with van der Waals surface area (Å²) in [5.74, 6) is -0.518. The third kappa shape index (κ3) is 3.62. The molecule has 2 aromatic rings. The summed E-state index contributed by atoms with van der Waals surface area (Å²) in [5, 5.41) is 16.3. The quantitative estimate of drug-likeness (QED) is 0.742. The van der Waals surface area contributed by atoms with Crippen LogP contribution in [0.4, 0.5) is 20.0 Å². The number of benzene rings is 1. The zero-order valence-corrected chi connectivity index (χ0v) is 15.4. The molecule has 3 N–H and O–H groups in total. The minimum absolute atomic E-state index is 0.0250. The number of carbonyl (C=O) groups excluding carboxylic acids is 1. The molecule has 0 bridgehead atoms. The van der Waals surface area contributed by atoms with Crippen molar-refractivity contribution in [1.82, 2.24) is 9.88 Å². The molecular formula is C17H18ClFN4O2S. The third-order valence-corrected chi connectivity index (χ3v) is 5.93. The van der Waals surface area contributed by atoms with Crippen molar-refractivity contribution >= 4 is 39.8 Å². The summed E-state index contributed by atoms with van der Waals surface area (Å²) < 4.78 is 13.2. The first kappa shape index (κ1) is 17.5. The second kappa shape index (κ2) is 7.02. The van der Waals surface area contributed by atoms with Crippen LogP contribution < -0.4 is 10.6 Å². The minimum atomic E-state index is -0.518. The molecule has 0 radical (unpaired) electrons. The summed E-state index contributed by atoms with van der Waals surface area (Å²) in [7, 11) is 0. The molecule has 2 aliphatic rings. The van der Waals surface area contributed by atoms with Gasteiger partial charge in [0.05, 0.1) is 23.4 Å². The zero-order valence-electron chi connectivity index (χ0n) is 13.8. The van der Waals surface area contributed by atoms with E-state index < -0.39 is 5.82 Å². The summed E-state index contributed by atoms with van der Waals surface area (Å²) >= 11 is 7.30. The number of urea groups is 1. The van der Waals surface area contributed by atoms with Crippen LogP contribution in [0.25, 0.3) is 0 Å². The molecule has 9 heteroatoms. The summed E-state index contributed by atoms with van der Waals surface area (Å²) in [5.41, 5.74) is 1.48. The van der Waals surface area contributed by atoms with Gasteiger partial charge in [0, 0.05) is 29.6 Å². The number of carbonyl (C=O) groups is 1. The van der Waals surface area contributed by atoms with Crippen LogP contribution in [0.2, 0.25) is 5.02 Å². The maximum Gasteiger partial charge on any atom is 0.322 e. The van der Waals surface area contributed by atoms with Crippen LogP contribution >= 0.6 is 22.9 Å². The predicted octanol–water partition coefficient (Wildman–Crippen LogP) is 3.46. The number of aromatic nitrogens is 1. The lowest BCUT2D eigenvalue weighted by Gasteiger charge is -2.31. The topological polar surface area (TPSA) is 77.5 Å². The van der Waals surface area contributed by atoms with Gasteiger partial charge in [-0.25, -0.2) is 14.2 Å². The molecule has 2 heterocycles. The van der Waals surface area contributed by atoms with Crippen LogP contribution in [-0.4, -0.2) is 39.7 Å². The lowest BCUT2D eigenvalue weighted by molar-refractivity contribution is 0.0836.